The summed E-state index contributed by atoms with van der Waals surface area (Å²) in [6.45, 7) is 13.8. The standard InChI is InChI=1S/C19H33FN6.HI/c1-5-21-19(23-13-15(4)25(6-2)7-3)24-16-10-12-26(14-16)18-17(20)9-8-11-22-18;/h8-9,11,15-16H,5-7,10,12-14H2,1-4H3,(H2,21,23,24);1H. The quantitative estimate of drug-likeness (QED) is 0.332. The van der Waals surface area contributed by atoms with Gasteiger partial charge in [-0.1, -0.05) is 13.8 Å². The SMILES string of the molecule is CCNC(=NCC(C)N(CC)CC)NC1CCN(c2ncccc2F)C1.I. The molecule has 2 rings (SSSR count). The number of nitrogens with one attached hydrogen (secondary N) is 2. The number of guanidine groups is 1. The molecule has 0 aromatic carbocycles. The van der Waals surface area contributed by atoms with Crippen LogP contribution < -0.4 is 15.5 Å². The van der Waals surface area contributed by atoms with Crippen molar-refractivity contribution in [1.29, 1.82) is 0 Å². The van der Waals surface area contributed by atoms with Crippen LogP contribution in [-0.2, 0) is 0 Å². The first-order valence-corrected chi connectivity index (χ1v) is 9.73. The van der Waals surface area contributed by atoms with E-state index in [9.17, 15) is 4.39 Å². The van der Waals surface area contributed by atoms with Gasteiger partial charge >= 0.3 is 0 Å². The van der Waals surface area contributed by atoms with Crippen LogP contribution in [0.2, 0.25) is 0 Å². The molecule has 1 aliphatic rings. The van der Waals surface area contributed by atoms with Gasteiger partial charge < -0.3 is 15.5 Å². The number of hydrogen-bond acceptors (Lipinski definition) is 4. The van der Waals surface area contributed by atoms with Gasteiger partial charge in [0, 0.05) is 37.9 Å². The van der Waals surface area contributed by atoms with Crippen molar-refractivity contribution in [3.63, 3.8) is 0 Å². The largest absolute Gasteiger partial charge is 0.357 e. The number of aromatic nitrogens is 1. The molecule has 1 aromatic heterocycles. The molecule has 0 radical (unpaired) electrons. The van der Waals surface area contributed by atoms with Crippen LogP contribution in [0.15, 0.2) is 23.3 Å². The number of hydrogen-bond donors (Lipinski definition) is 2. The van der Waals surface area contributed by atoms with Gasteiger partial charge in [0.25, 0.3) is 0 Å². The third kappa shape index (κ3) is 7.06. The first-order valence-electron chi connectivity index (χ1n) is 9.73. The van der Waals surface area contributed by atoms with Gasteiger partial charge in [-0.2, -0.15) is 0 Å². The second-order valence-corrected chi connectivity index (χ2v) is 6.67. The van der Waals surface area contributed by atoms with Crippen molar-refractivity contribution in [2.24, 2.45) is 4.99 Å². The van der Waals surface area contributed by atoms with Gasteiger partial charge in [-0.3, -0.25) is 9.89 Å². The van der Waals surface area contributed by atoms with E-state index in [-0.39, 0.29) is 35.8 Å². The van der Waals surface area contributed by atoms with E-state index in [4.69, 9.17) is 4.99 Å². The zero-order valence-corrected chi connectivity index (χ0v) is 19.2. The van der Waals surface area contributed by atoms with Gasteiger partial charge in [0.2, 0.25) is 0 Å². The fourth-order valence-corrected chi connectivity index (χ4v) is 3.38. The highest BCUT2D eigenvalue weighted by Gasteiger charge is 2.26. The minimum atomic E-state index is -0.262. The van der Waals surface area contributed by atoms with E-state index in [0.717, 1.165) is 51.6 Å². The summed E-state index contributed by atoms with van der Waals surface area (Å²) in [6.07, 6.45) is 2.57. The molecule has 2 atom stereocenters. The summed E-state index contributed by atoms with van der Waals surface area (Å²) in [7, 11) is 0. The third-order valence-corrected chi connectivity index (χ3v) is 4.86. The monoisotopic (exact) mass is 492 g/mol. The Morgan fingerprint density at radius 1 is 1.41 bits per heavy atom. The maximum absolute atomic E-state index is 13.9. The van der Waals surface area contributed by atoms with E-state index in [1.165, 1.54) is 6.07 Å². The van der Waals surface area contributed by atoms with E-state index in [2.05, 4.69) is 48.2 Å². The summed E-state index contributed by atoms with van der Waals surface area (Å²) in [5.41, 5.74) is 0. The van der Waals surface area contributed by atoms with E-state index >= 15 is 0 Å². The van der Waals surface area contributed by atoms with Gasteiger partial charge in [-0.15, -0.1) is 24.0 Å². The molecule has 1 saturated heterocycles. The average Bonchev–Trinajstić information content (AvgIpc) is 3.09. The third-order valence-electron chi connectivity index (χ3n) is 4.86. The van der Waals surface area contributed by atoms with Crippen LogP contribution in [0.4, 0.5) is 10.2 Å². The molecular weight excluding hydrogens is 458 g/mol. The van der Waals surface area contributed by atoms with Crippen LogP contribution in [0.3, 0.4) is 0 Å². The predicted octanol–water partition coefficient (Wildman–Crippen LogP) is 2.70. The lowest BCUT2D eigenvalue weighted by atomic mass is 10.2. The van der Waals surface area contributed by atoms with E-state index < -0.39 is 0 Å². The van der Waals surface area contributed by atoms with Crippen molar-refractivity contribution in [2.75, 3.05) is 44.2 Å². The molecule has 1 fully saturated rings. The van der Waals surface area contributed by atoms with Crippen molar-refractivity contribution in [2.45, 2.75) is 46.2 Å². The van der Waals surface area contributed by atoms with Crippen LogP contribution in [0.25, 0.3) is 0 Å². The van der Waals surface area contributed by atoms with Crippen molar-refractivity contribution in [3.05, 3.63) is 24.1 Å². The molecule has 6 nitrogen and oxygen atoms in total. The maximum Gasteiger partial charge on any atom is 0.191 e. The summed E-state index contributed by atoms with van der Waals surface area (Å²) in [6, 6.07) is 3.72. The highest BCUT2D eigenvalue weighted by atomic mass is 127. The lowest BCUT2D eigenvalue weighted by Crippen LogP contribution is -2.45. The number of anilines is 1. The Labute approximate surface area is 180 Å². The van der Waals surface area contributed by atoms with Crippen LogP contribution in [-0.4, -0.2) is 67.2 Å². The predicted molar refractivity (Wildman–Crippen MR) is 122 cm³/mol. The van der Waals surface area contributed by atoms with Crippen molar-refractivity contribution < 1.29 is 4.39 Å². The maximum atomic E-state index is 13.9. The molecule has 154 valence electrons. The molecule has 2 heterocycles. The molecule has 1 aliphatic heterocycles. The second kappa shape index (κ2) is 12.3. The summed E-state index contributed by atoms with van der Waals surface area (Å²) in [5.74, 6) is 1.01. The summed E-state index contributed by atoms with van der Waals surface area (Å²) < 4.78 is 13.9. The Morgan fingerprint density at radius 2 is 2.15 bits per heavy atom. The number of halogens is 2. The fourth-order valence-electron chi connectivity index (χ4n) is 3.38. The summed E-state index contributed by atoms with van der Waals surface area (Å²) >= 11 is 0. The molecule has 0 spiro atoms. The number of rotatable bonds is 8. The Morgan fingerprint density at radius 3 is 2.78 bits per heavy atom. The zero-order valence-electron chi connectivity index (χ0n) is 16.9. The molecule has 2 N–H and O–H groups in total. The van der Waals surface area contributed by atoms with Gasteiger partial charge in [0.1, 0.15) is 0 Å². The second-order valence-electron chi connectivity index (χ2n) is 6.67. The van der Waals surface area contributed by atoms with Crippen molar-refractivity contribution >= 4 is 35.8 Å². The van der Waals surface area contributed by atoms with Crippen LogP contribution in [0, 0.1) is 5.82 Å². The van der Waals surface area contributed by atoms with Gasteiger partial charge in [-0.05, 0) is 45.5 Å². The minimum Gasteiger partial charge on any atom is -0.357 e. The van der Waals surface area contributed by atoms with E-state index in [1.807, 2.05) is 4.90 Å². The normalized spacial score (nSPS) is 18.4. The number of pyridine rings is 1. The summed E-state index contributed by atoms with van der Waals surface area (Å²) in [4.78, 5) is 13.3. The molecule has 8 heteroatoms. The van der Waals surface area contributed by atoms with Gasteiger partial charge in [0.05, 0.1) is 6.54 Å². The average molecular weight is 492 g/mol. The van der Waals surface area contributed by atoms with E-state index in [0.29, 0.717) is 11.9 Å². The Balaban J connectivity index is 0.00000364. The molecule has 0 bridgehead atoms. The lowest BCUT2D eigenvalue weighted by molar-refractivity contribution is 0.237. The van der Waals surface area contributed by atoms with E-state index in [1.54, 1.807) is 12.3 Å². The number of likely N-dealkylation sites (N-methyl/N-ethyl adjacent to an activating group) is 1. The van der Waals surface area contributed by atoms with Crippen molar-refractivity contribution in [3.8, 4) is 0 Å². The molecule has 0 saturated carbocycles. The number of nitrogens with zero attached hydrogens (tertiary/aromatic N) is 4. The van der Waals surface area contributed by atoms with Gasteiger partial charge in [0.15, 0.2) is 17.6 Å². The molecule has 1 aromatic rings. The van der Waals surface area contributed by atoms with Crippen LogP contribution >= 0.6 is 24.0 Å². The first-order chi connectivity index (χ1) is 12.6. The van der Waals surface area contributed by atoms with Gasteiger partial charge in [-0.25, -0.2) is 9.37 Å². The van der Waals surface area contributed by atoms with Crippen molar-refractivity contribution in [1.82, 2.24) is 20.5 Å². The molecule has 27 heavy (non-hydrogen) atoms. The fraction of sp³-hybridized carbons (Fsp3) is 0.684. The molecule has 0 amide bonds. The summed E-state index contributed by atoms with van der Waals surface area (Å²) in [5, 5.41) is 6.81. The smallest absolute Gasteiger partial charge is 0.191 e. The minimum absolute atomic E-state index is 0. The molecule has 2 unspecified atom stereocenters. The lowest BCUT2D eigenvalue weighted by Gasteiger charge is -2.25. The Kier molecular flexibility index (Phi) is 10.9. The Bertz CT molecular complexity index is 581. The number of aliphatic imine (C=N–C) groups is 1. The first kappa shape index (κ1) is 23.9. The van der Waals surface area contributed by atoms with Crippen LogP contribution in [0.5, 0.6) is 0 Å². The highest BCUT2D eigenvalue weighted by molar-refractivity contribution is 14.0. The highest BCUT2D eigenvalue weighted by Crippen LogP contribution is 2.20. The topological polar surface area (TPSA) is 55.8 Å². The molecular formula is C19H34FIN6. The zero-order chi connectivity index (χ0) is 18.9. The Hall–Kier alpha value is -1.16. The molecule has 0 aliphatic carbocycles. The van der Waals surface area contributed by atoms with Crippen LogP contribution in [0.1, 0.15) is 34.1 Å².